The fraction of sp³-hybridized carbons (Fsp3) is 1.00. The van der Waals surface area contributed by atoms with Crippen LogP contribution in [-0.2, 0) is 0 Å². The van der Waals surface area contributed by atoms with Gasteiger partial charge in [0.15, 0.2) is 8.40 Å². The van der Waals surface area contributed by atoms with Gasteiger partial charge in [-0.25, -0.2) is 0 Å². The maximum absolute atomic E-state index is 5.76. The predicted octanol–water partition coefficient (Wildman–Crippen LogP) is 0.645. The first-order valence-corrected chi connectivity index (χ1v) is 6.06. The zero-order valence-corrected chi connectivity index (χ0v) is 7.15. The average Bonchev–Trinajstić information content (AvgIpc) is 1.21. The third kappa shape index (κ3) is 6.14. The fourth-order valence-electron chi connectivity index (χ4n) is 0.744. The molecule has 2 nitrogen and oxygen atoms in total. The van der Waals surface area contributed by atoms with E-state index in [0.29, 0.717) is 6.04 Å². The minimum absolute atomic E-state index is 0.529. The van der Waals surface area contributed by atoms with Crippen LogP contribution in [0.15, 0.2) is 0 Å². The van der Waals surface area contributed by atoms with Crippen LogP contribution in [-0.4, -0.2) is 14.4 Å². The quantitative estimate of drug-likeness (QED) is 0.541. The third-order valence-electron chi connectivity index (χ3n) is 0.661. The van der Waals surface area contributed by atoms with Crippen LogP contribution in [0.4, 0.5) is 0 Å². The van der Waals surface area contributed by atoms with E-state index in [1.165, 1.54) is 0 Å². The monoisotopic (exact) mass is 132 g/mol. The topological polar surface area (TPSA) is 38.0 Å². The van der Waals surface area contributed by atoms with Crippen LogP contribution < -0.4 is 10.4 Å². The Kier molecular flexibility index (Phi) is 2.66. The van der Waals surface area contributed by atoms with Gasteiger partial charge in [0.05, 0.1) is 0 Å². The Morgan fingerprint density at radius 3 is 1.75 bits per heavy atom. The molecule has 0 saturated heterocycles. The molecule has 0 atom stereocenters. The maximum Gasteiger partial charge on any atom is 0.192 e. The summed E-state index contributed by atoms with van der Waals surface area (Å²) in [5, 5.41) is 5.76. The summed E-state index contributed by atoms with van der Waals surface area (Å²) in [5.74, 6) is 0. The number of nitrogens with one attached hydrogen (secondary N) is 1. The minimum Gasteiger partial charge on any atom is -0.339 e. The van der Waals surface area contributed by atoms with Crippen LogP contribution in [0.5, 0.6) is 0 Å². The fourth-order valence-corrected chi connectivity index (χ4v) is 2.23. The first-order valence-electron chi connectivity index (χ1n) is 2.98. The third-order valence-corrected chi connectivity index (χ3v) is 1.98. The molecule has 3 N–H and O–H groups in total. The second-order valence-corrected chi connectivity index (χ2v) is 6.75. The van der Waals surface area contributed by atoms with Crippen molar-refractivity contribution >= 4 is 8.40 Å². The Bertz CT molecular complexity index is 65.3. The molecule has 0 unspecified atom stereocenters. The van der Waals surface area contributed by atoms with E-state index in [-0.39, 0.29) is 0 Å². The van der Waals surface area contributed by atoms with E-state index < -0.39 is 8.40 Å². The van der Waals surface area contributed by atoms with Crippen molar-refractivity contribution in [1.29, 1.82) is 0 Å². The molecule has 0 saturated carbocycles. The first kappa shape index (κ1) is 8.14. The molecule has 0 bridgehead atoms. The van der Waals surface area contributed by atoms with Gasteiger partial charge >= 0.3 is 0 Å². The summed E-state index contributed by atoms with van der Waals surface area (Å²) in [4.78, 5) is 3.30. The number of nitrogens with two attached hydrogens (primary N) is 1. The Hall–Kier alpha value is 0.137. The molecule has 0 aliphatic rings. The molecule has 0 aliphatic carbocycles. The molecule has 0 amide bonds. The molecule has 3 heteroatoms. The van der Waals surface area contributed by atoms with Crippen molar-refractivity contribution in [3.8, 4) is 0 Å². The van der Waals surface area contributed by atoms with Crippen LogP contribution in [0, 0.1) is 0 Å². The molecular formula is C5H16N2Si. The molecule has 0 fully saturated rings. The van der Waals surface area contributed by atoms with Gasteiger partial charge in [0.1, 0.15) is 0 Å². The smallest absolute Gasteiger partial charge is 0.192 e. The van der Waals surface area contributed by atoms with Gasteiger partial charge in [0.2, 0.25) is 0 Å². The highest BCUT2D eigenvalue weighted by Crippen LogP contribution is 1.87. The van der Waals surface area contributed by atoms with E-state index in [0.717, 1.165) is 0 Å². The van der Waals surface area contributed by atoms with Gasteiger partial charge < -0.3 is 10.4 Å². The zero-order chi connectivity index (χ0) is 6.78. The molecule has 0 rings (SSSR count). The van der Waals surface area contributed by atoms with Gasteiger partial charge in [-0.2, -0.15) is 0 Å². The lowest BCUT2D eigenvalue weighted by molar-refractivity contribution is 0.731. The van der Waals surface area contributed by atoms with Crippen molar-refractivity contribution < 1.29 is 0 Å². The summed E-state index contributed by atoms with van der Waals surface area (Å²) in [6, 6.07) is 0.529. The summed E-state index contributed by atoms with van der Waals surface area (Å²) in [6.45, 7) is 8.41. The van der Waals surface area contributed by atoms with Gasteiger partial charge in [-0.05, 0) is 19.1 Å². The molecule has 0 aliphatic heterocycles. The van der Waals surface area contributed by atoms with Gasteiger partial charge in [0.25, 0.3) is 0 Å². The first-order chi connectivity index (χ1) is 3.42. The summed E-state index contributed by atoms with van der Waals surface area (Å²) in [6.07, 6.45) is 0. The lowest BCUT2D eigenvalue weighted by Gasteiger charge is -2.20. The van der Waals surface area contributed by atoms with Gasteiger partial charge in [0, 0.05) is 0 Å². The van der Waals surface area contributed by atoms with Crippen molar-refractivity contribution in [3.63, 3.8) is 0 Å². The van der Waals surface area contributed by atoms with Crippen LogP contribution in [0.25, 0.3) is 0 Å². The Labute approximate surface area is 52.6 Å². The molecule has 0 aromatic rings. The van der Waals surface area contributed by atoms with Crippen molar-refractivity contribution in [1.82, 2.24) is 4.98 Å². The molecule has 0 spiro atoms. The van der Waals surface area contributed by atoms with E-state index in [1.807, 2.05) is 0 Å². The number of hydrogen-bond acceptors (Lipinski definition) is 2. The normalized spacial score (nSPS) is 12.8. The van der Waals surface area contributed by atoms with Crippen LogP contribution in [0.2, 0.25) is 13.1 Å². The second kappa shape index (κ2) is 2.62. The highest BCUT2D eigenvalue weighted by atomic mass is 28.3. The lowest BCUT2D eigenvalue weighted by Crippen LogP contribution is -2.56. The number of hydrogen-bond donors (Lipinski definition) is 2. The van der Waals surface area contributed by atoms with Crippen LogP contribution >= 0.6 is 0 Å². The Morgan fingerprint density at radius 2 is 1.75 bits per heavy atom. The van der Waals surface area contributed by atoms with E-state index in [9.17, 15) is 0 Å². The van der Waals surface area contributed by atoms with Crippen molar-refractivity contribution in [2.24, 2.45) is 5.40 Å². The summed E-state index contributed by atoms with van der Waals surface area (Å²) in [7, 11) is -1.47. The van der Waals surface area contributed by atoms with Crippen molar-refractivity contribution in [2.45, 2.75) is 33.0 Å². The van der Waals surface area contributed by atoms with Crippen molar-refractivity contribution in [2.75, 3.05) is 0 Å². The minimum atomic E-state index is -1.47. The van der Waals surface area contributed by atoms with E-state index in [2.05, 4.69) is 31.9 Å². The van der Waals surface area contributed by atoms with Crippen molar-refractivity contribution in [3.05, 3.63) is 0 Å². The molecular weight excluding hydrogens is 116 g/mol. The highest BCUT2D eigenvalue weighted by molar-refractivity contribution is 6.71. The van der Waals surface area contributed by atoms with E-state index in [1.54, 1.807) is 0 Å². The Morgan fingerprint density at radius 1 is 1.38 bits per heavy atom. The maximum atomic E-state index is 5.76. The molecule has 50 valence electrons. The second-order valence-electron chi connectivity index (χ2n) is 3.02. The lowest BCUT2D eigenvalue weighted by atomic mass is 10.4. The SMILES string of the molecule is CC(C)N[Si](C)(C)N. The van der Waals surface area contributed by atoms with E-state index in [4.69, 9.17) is 5.40 Å². The predicted molar refractivity (Wildman–Crippen MR) is 39.9 cm³/mol. The summed E-state index contributed by atoms with van der Waals surface area (Å²) >= 11 is 0. The van der Waals surface area contributed by atoms with Crippen LogP contribution in [0.3, 0.4) is 0 Å². The largest absolute Gasteiger partial charge is 0.339 e. The van der Waals surface area contributed by atoms with Crippen LogP contribution in [0.1, 0.15) is 13.8 Å². The molecule has 0 radical (unpaired) electrons. The molecule has 8 heavy (non-hydrogen) atoms. The molecule has 0 aromatic carbocycles. The zero-order valence-electron chi connectivity index (χ0n) is 6.15. The van der Waals surface area contributed by atoms with Gasteiger partial charge in [-0.15, -0.1) is 0 Å². The number of rotatable bonds is 2. The standard InChI is InChI=1S/C5H16N2Si/c1-5(2)7-8(3,4)6/h5,7H,6H2,1-4H3. The molecule has 0 aromatic heterocycles. The van der Waals surface area contributed by atoms with Gasteiger partial charge in [-0.1, -0.05) is 13.8 Å². The highest BCUT2D eigenvalue weighted by Gasteiger charge is 2.13. The molecule has 0 heterocycles. The van der Waals surface area contributed by atoms with E-state index >= 15 is 0 Å². The summed E-state index contributed by atoms with van der Waals surface area (Å²) in [5.41, 5.74) is 0. The average molecular weight is 132 g/mol. The summed E-state index contributed by atoms with van der Waals surface area (Å²) < 4.78 is 0. The Balaban J connectivity index is 3.39. The van der Waals surface area contributed by atoms with Gasteiger partial charge in [-0.3, -0.25) is 0 Å².